The van der Waals surface area contributed by atoms with Crippen LogP contribution in [0, 0.1) is 36.8 Å². The van der Waals surface area contributed by atoms with E-state index in [1.54, 1.807) is 0 Å². The van der Waals surface area contributed by atoms with E-state index in [0.29, 0.717) is 0 Å². The maximum absolute atomic E-state index is 13.2. The molecule has 8 heteroatoms. The molecule has 0 aliphatic carbocycles. The van der Waals surface area contributed by atoms with Crippen LogP contribution in [0.3, 0.4) is 0 Å². The molecule has 0 saturated heterocycles. The first-order chi connectivity index (χ1) is 13.8. The summed E-state index contributed by atoms with van der Waals surface area (Å²) in [5, 5.41) is 14.0. The number of amides is 2. The number of benzene rings is 1. The van der Waals surface area contributed by atoms with E-state index in [1.807, 2.05) is 26.0 Å². The second kappa shape index (κ2) is 9.64. The average Bonchev–Trinajstić information content (AvgIpc) is 2.94. The Morgan fingerprint density at radius 1 is 1.21 bits per heavy atom. The van der Waals surface area contributed by atoms with E-state index < -0.39 is 30.0 Å². The fourth-order valence-corrected chi connectivity index (χ4v) is 2.88. The van der Waals surface area contributed by atoms with Crippen LogP contribution in [0.4, 0.5) is 14.5 Å². The van der Waals surface area contributed by atoms with Crippen LogP contribution in [0.1, 0.15) is 30.3 Å². The molecule has 2 rings (SSSR count). The summed E-state index contributed by atoms with van der Waals surface area (Å²) in [6, 6.07) is 6.65. The molecule has 0 saturated carbocycles. The summed E-state index contributed by atoms with van der Waals surface area (Å²) in [6.45, 7) is 6.34. The van der Waals surface area contributed by atoms with Crippen molar-refractivity contribution in [3.63, 3.8) is 0 Å². The highest BCUT2D eigenvalue weighted by atomic mass is 19.2. The number of carbonyl (C=O) groups excluding carboxylic acids is 2. The Hall–Kier alpha value is -3.47. The molecule has 0 atom stereocenters. The van der Waals surface area contributed by atoms with Gasteiger partial charge in [0, 0.05) is 29.7 Å². The van der Waals surface area contributed by atoms with Crippen LogP contribution in [0.5, 0.6) is 0 Å². The minimum absolute atomic E-state index is 0.0579. The quantitative estimate of drug-likeness (QED) is 0.551. The number of nitriles is 1. The van der Waals surface area contributed by atoms with Crippen LogP contribution < -0.4 is 10.6 Å². The highest BCUT2D eigenvalue weighted by Crippen LogP contribution is 2.19. The van der Waals surface area contributed by atoms with Gasteiger partial charge in [0.2, 0.25) is 5.91 Å². The number of aromatic nitrogens is 1. The van der Waals surface area contributed by atoms with Crippen molar-refractivity contribution < 1.29 is 18.4 Å². The van der Waals surface area contributed by atoms with E-state index in [0.717, 1.165) is 42.0 Å². The Morgan fingerprint density at radius 3 is 2.55 bits per heavy atom. The first-order valence-electron chi connectivity index (χ1n) is 9.08. The van der Waals surface area contributed by atoms with Gasteiger partial charge in [-0.2, -0.15) is 5.26 Å². The molecule has 1 aromatic carbocycles. The summed E-state index contributed by atoms with van der Waals surface area (Å²) >= 11 is 0. The molecule has 0 spiro atoms. The lowest BCUT2D eigenvalue weighted by Gasteiger charge is -2.08. The summed E-state index contributed by atoms with van der Waals surface area (Å²) in [4.78, 5) is 24.2. The van der Waals surface area contributed by atoms with Crippen LogP contribution in [0.25, 0.3) is 6.08 Å². The number of anilines is 1. The number of hydrogen-bond acceptors (Lipinski definition) is 3. The molecular formula is C21H22F2N4O2. The van der Waals surface area contributed by atoms with Crippen LogP contribution >= 0.6 is 0 Å². The molecule has 2 amide bonds. The van der Waals surface area contributed by atoms with E-state index in [9.17, 15) is 23.6 Å². The molecule has 0 aliphatic rings. The number of hydrogen-bond donors (Lipinski definition) is 2. The Morgan fingerprint density at radius 2 is 1.93 bits per heavy atom. The molecule has 0 fully saturated rings. The van der Waals surface area contributed by atoms with Gasteiger partial charge in [0.1, 0.15) is 11.6 Å². The van der Waals surface area contributed by atoms with Crippen molar-refractivity contribution in [3.05, 3.63) is 58.4 Å². The van der Waals surface area contributed by atoms with Crippen molar-refractivity contribution >= 4 is 23.6 Å². The van der Waals surface area contributed by atoms with Gasteiger partial charge in [0.25, 0.3) is 5.91 Å². The maximum atomic E-state index is 13.2. The lowest BCUT2D eigenvalue weighted by molar-refractivity contribution is -0.121. The van der Waals surface area contributed by atoms with E-state index in [-0.39, 0.29) is 11.3 Å². The third-order valence-corrected chi connectivity index (χ3v) is 4.34. The average molecular weight is 400 g/mol. The Labute approximate surface area is 167 Å². The first kappa shape index (κ1) is 21.8. The van der Waals surface area contributed by atoms with E-state index in [2.05, 4.69) is 22.1 Å². The van der Waals surface area contributed by atoms with Gasteiger partial charge in [-0.15, -0.1) is 0 Å². The standard InChI is InChI=1S/C21H22F2N4O2/c1-4-7-27-13(2)8-15(14(27)3)9-16(11-24)21(29)25-12-20(28)26-17-5-6-18(22)19(23)10-17/h5-6,8-10H,4,7,12H2,1-3H3,(H,25,29)(H,26,28)/b16-9-. The van der Waals surface area contributed by atoms with Crippen molar-refractivity contribution in [2.45, 2.75) is 33.7 Å². The van der Waals surface area contributed by atoms with E-state index in [1.165, 1.54) is 12.1 Å². The molecule has 2 aromatic rings. The SMILES string of the molecule is CCCn1c(C)cc(/C=C(/C#N)C(=O)NCC(=O)Nc2ccc(F)c(F)c2)c1C. The zero-order chi connectivity index (χ0) is 21.6. The van der Waals surface area contributed by atoms with Crippen molar-refractivity contribution in [1.82, 2.24) is 9.88 Å². The highest BCUT2D eigenvalue weighted by Gasteiger charge is 2.14. The Bertz CT molecular complexity index is 1000. The van der Waals surface area contributed by atoms with Crippen LogP contribution in [0.15, 0.2) is 29.8 Å². The predicted molar refractivity (Wildman–Crippen MR) is 106 cm³/mol. The van der Waals surface area contributed by atoms with Crippen LogP contribution in [-0.4, -0.2) is 22.9 Å². The van der Waals surface area contributed by atoms with Gasteiger partial charge in [0.15, 0.2) is 11.6 Å². The molecule has 0 radical (unpaired) electrons. The topological polar surface area (TPSA) is 86.9 Å². The Kier molecular flexibility index (Phi) is 7.26. The van der Waals surface area contributed by atoms with E-state index >= 15 is 0 Å². The lowest BCUT2D eigenvalue weighted by atomic mass is 10.1. The van der Waals surface area contributed by atoms with Crippen molar-refractivity contribution in [2.75, 3.05) is 11.9 Å². The molecule has 152 valence electrons. The summed E-state index contributed by atoms with van der Waals surface area (Å²) in [5.74, 6) is -3.46. The van der Waals surface area contributed by atoms with Gasteiger partial charge in [-0.1, -0.05) is 6.92 Å². The smallest absolute Gasteiger partial charge is 0.262 e. The van der Waals surface area contributed by atoms with Gasteiger partial charge in [0.05, 0.1) is 6.54 Å². The second-order valence-corrected chi connectivity index (χ2v) is 6.51. The number of halogens is 2. The molecule has 6 nitrogen and oxygen atoms in total. The van der Waals surface area contributed by atoms with Crippen molar-refractivity contribution in [1.29, 1.82) is 5.26 Å². The molecule has 1 aromatic heterocycles. The van der Waals surface area contributed by atoms with Gasteiger partial charge >= 0.3 is 0 Å². The number of nitrogens with one attached hydrogen (secondary N) is 2. The number of aryl methyl sites for hydroxylation is 1. The first-order valence-corrected chi connectivity index (χ1v) is 9.08. The van der Waals surface area contributed by atoms with Gasteiger partial charge in [-0.3, -0.25) is 9.59 Å². The van der Waals surface area contributed by atoms with Gasteiger partial charge < -0.3 is 15.2 Å². The zero-order valence-electron chi connectivity index (χ0n) is 16.5. The number of nitrogens with zero attached hydrogens (tertiary/aromatic N) is 2. The molecular weight excluding hydrogens is 378 g/mol. The summed E-state index contributed by atoms with van der Waals surface area (Å²) in [6.07, 6.45) is 2.44. The van der Waals surface area contributed by atoms with Gasteiger partial charge in [-0.25, -0.2) is 8.78 Å². The summed E-state index contributed by atoms with van der Waals surface area (Å²) in [5.41, 5.74) is 2.65. The van der Waals surface area contributed by atoms with Gasteiger partial charge in [-0.05, 0) is 50.1 Å². The second-order valence-electron chi connectivity index (χ2n) is 6.51. The number of carbonyl (C=O) groups is 2. The summed E-state index contributed by atoms with van der Waals surface area (Å²) < 4.78 is 28.2. The molecule has 0 unspecified atom stereocenters. The normalized spacial score (nSPS) is 11.1. The monoisotopic (exact) mass is 400 g/mol. The van der Waals surface area contributed by atoms with Crippen molar-refractivity contribution in [2.24, 2.45) is 0 Å². The molecule has 29 heavy (non-hydrogen) atoms. The highest BCUT2D eigenvalue weighted by molar-refractivity contribution is 6.04. The van der Waals surface area contributed by atoms with Crippen molar-refractivity contribution in [3.8, 4) is 6.07 Å². The van der Waals surface area contributed by atoms with Crippen LogP contribution in [-0.2, 0) is 16.1 Å². The van der Waals surface area contributed by atoms with E-state index in [4.69, 9.17) is 0 Å². The fourth-order valence-electron chi connectivity index (χ4n) is 2.88. The zero-order valence-corrected chi connectivity index (χ0v) is 16.5. The molecule has 0 aliphatic heterocycles. The fraction of sp³-hybridized carbons (Fsp3) is 0.286. The maximum Gasteiger partial charge on any atom is 0.262 e. The minimum atomic E-state index is -1.10. The minimum Gasteiger partial charge on any atom is -0.349 e. The Balaban J connectivity index is 2.03. The molecule has 2 N–H and O–H groups in total. The molecule has 0 bridgehead atoms. The predicted octanol–water partition coefficient (Wildman–Crippen LogP) is 3.46. The molecule has 1 heterocycles. The largest absolute Gasteiger partial charge is 0.349 e. The lowest BCUT2D eigenvalue weighted by Crippen LogP contribution is -2.33. The third-order valence-electron chi connectivity index (χ3n) is 4.34. The van der Waals surface area contributed by atoms with Crippen LogP contribution in [0.2, 0.25) is 0 Å². The third kappa shape index (κ3) is 5.51. The number of rotatable bonds is 7. The summed E-state index contributed by atoms with van der Waals surface area (Å²) in [7, 11) is 0.